The molecule has 0 spiro atoms. The number of fused-ring (bicyclic) bond motifs is 1. The van der Waals surface area contributed by atoms with E-state index in [9.17, 15) is 4.79 Å². The molecule has 0 bridgehead atoms. The molecule has 2 rings (SSSR count). The number of piperidine rings is 1. The third-order valence-electron chi connectivity index (χ3n) is 3.27. The van der Waals surface area contributed by atoms with Gasteiger partial charge in [0.15, 0.2) is 0 Å². The topological polar surface area (TPSA) is 49.3 Å². The Morgan fingerprint density at radius 1 is 1.33 bits per heavy atom. The molecule has 2 N–H and O–H groups in total. The van der Waals surface area contributed by atoms with Crippen molar-refractivity contribution < 1.29 is 9.90 Å². The SMILES string of the molecule is O=C(O)C1CCN[C@@H]2CCC[C@H]12. The predicted octanol–water partition coefficient (Wildman–Crippen LogP) is 0.849. The fraction of sp³-hybridized carbons (Fsp3) is 0.889. The van der Waals surface area contributed by atoms with Gasteiger partial charge in [-0.2, -0.15) is 0 Å². The molecule has 3 atom stereocenters. The molecule has 0 aromatic heterocycles. The first-order chi connectivity index (χ1) is 5.79. The van der Waals surface area contributed by atoms with Crippen LogP contribution in [0.3, 0.4) is 0 Å². The van der Waals surface area contributed by atoms with Crippen LogP contribution in [0.2, 0.25) is 0 Å². The Bertz CT molecular complexity index is 193. The second-order valence-electron chi connectivity index (χ2n) is 3.89. The molecule has 1 aliphatic carbocycles. The minimum Gasteiger partial charge on any atom is -0.481 e. The molecule has 12 heavy (non-hydrogen) atoms. The molecule has 0 amide bonds. The van der Waals surface area contributed by atoms with Gasteiger partial charge < -0.3 is 10.4 Å². The zero-order chi connectivity index (χ0) is 8.55. The van der Waals surface area contributed by atoms with Crippen LogP contribution in [0.5, 0.6) is 0 Å². The van der Waals surface area contributed by atoms with Crippen LogP contribution in [-0.2, 0) is 4.79 Å². The van der Waals surface area contributed by atoms with Gasteiger partial charge in [-0.05, 0) is 31.7 Å². The Labute approximate surface area is 72.2 Å². The number of hydrogen-bond acceptors (Lipinski definition) is 2. The molecule has 0 aromatic rings. The smallest absolute Gasteiger partial charge is 0.306 e. The molecule has 1 saturated heterocycles. The van der Waals surface area contributed by atoms with Gasteiger partial charge in [0.2, 0.25) is 0 Å². The van der Waals surface area contributed by atoms with Crippen LogP contribution < -0.4 is 5.32 Å². The monoisotopic (exact) mass is 169 g/mol. The second-order valence-corrected chi connectivity index (χ2v) is 3.89. The summed E-state index contributed by atoms with van der Waals surface area (Å²) < 4.78 is 0. The van der Waals surface area contributed by atoms with E-state index >= 15 is 0 Å². The number of carbonyl (C=O) groups is 1. The number of carboxylic acid groups (broad SMARTS) is 1. The van der Waals surface area contributed by atoms with E-state index in [4.69, 9.17) is 5.11 Å². The highest BCUT2D eigenvalue weighted by Gasteiger charge is 2.39. The highest BCUT2D eigenvalue weighted by molar-refractivity contribution is 5.70. The van der Waals surface area contributed by atoms with Crippen molar-refractivity contribution >= 4 is 5.97 Å². The molecule has 0 aromatic carbocycles. The first-order valence-corrected chi connectivity index (χ1v) is 4.75. The van der Waals surface area contributed by atoms with Crippen molar-refractivity contribution in [1.29, 1.82) is 0 Å². The Balaban J connectivity index is 2.08. The maximum absolute atomic E-state index is 10.9. The van der Waals surface area contributed by atoms with Gasteiger partial charge in [-0.15, -0.1) is 0 Å². The largest absolute Gasteiger partial charge is 0.481 e. The fourth-order valence-electron chi connectivity index (χ4n) is 2.67. The number of aliphatic carboxylic acids is 1. The van der Waals surface area contributed by atoms with Crippen LogP contribution in [0.25, 0.3) is 0 Å². The minimum absolute atomic E-state index is 0.0706. The van der Waals surface area contributed by atoms with Gasteiger partial charge in [-0.3, -0.25) is 4.79 Å². The summed E-state index contributed by atoms with van der Waals surface area (Å²) in [5.74, 6) is -0.247. The molecule has 1 heterocycles. The summed E-state index contributed by atoms with van der Waals surface area (Å²) in [6, 6.07) is 0.500. The van der Waals surface area contributed by atoms with Crippen LogP contribution in [0.4, 0.5) is 0 Å². The van der Waals surface area contributed by atoms with Crippen LogP contribution in [0.15, 0.2) is 0 Å². The number of hydrogen-bond donors (Lipinski definition) is 2. The van der Waals surface area contributed by atoms with Crippen molar-refractivity contribution in [2.24, 2.45) is 11.8 Å². The van der Waals surface area contributed by atoms with Crippen LogP contribution in [0.1, 0.15) is 25.7 Å². The molecule has 2 fully saturated rings. The molecular weight excluding hydrogens is 154 g/mol. The summed E-state index contributed by atoms with van der Waals surface area (Å²) in [4.78, 5) is 10.9. The quantitative estimate of drug-likeness (QED) is 0.611. The molecular formula is C9H15NO2. The Hall–Kier alpha value is -0.570. The highest BCUT2D eigenvalue weighted by Crippen LogP contribution is 2.36. The van der Waals surface area contributed by atoms with Crippen molar-refractivity contribution in [3.63, 3.8) is 0 Å². The van der Waals surface area contributed by atoms with E-state index in [1.165, 1.54) is 12.8 Å². The number of carboxylic acids is 1. The first-order valence-electron chi connectivity index (χ1n) is 4.75. The summed E-state index contributed by atoms with van der Waals surface area (Å²) in [6.45, 7) is 0.887. The molecule has 1 saturated carbocycles. The molecule has 1 aliphatic heterocycles. The summed E-state index contributed by atoms with van der Waals surface area (Å²) in [5, 5.41) is 12.4. The zero-order valence-corrected chi connectivity index (χ0v) is 7.12. The molecule has 0 radical (unpaired) electrons. The molecule has 1 unspecified atom stereocenters. The second kappa shape index (κ2) is 3.05. The van der Waals surface area contributed by atoms with Crippen LogP contribution >= 0.6 is 0 Å². The van der Waals surface area contributed by atoms with Crippen molar-refractivity contribution in [1.82, 2.24) is 5.32 Å². The van der Waals surface area contributed by atoms with E-state index in [-0.39, 0.29) is 5.92 Å². The lowest BCUT2D eigenvalue weighted by Gasteiger charge is -2.32. The molecule has 3 heteroatoms. The number of nitrogens with one attached hydrogen (secondary N) is 1. The lowest BCUT2D eigenvalue weighted by molar-refractivity contribution is -0.145. The van der Waals surface area contributed by atoms with Gasteiger partial charge in [0.05, 0.1) is 5.92 Å². The first kappa shape index (κ1) is 8.05. The van der Waals surface area contributed by atoms with E-state index < -0.39 is 5.97 Å². The molecule has 2 aliphatic rings. The fourth-order valence-corrected chi connectivity index (χ4v) is 2.67. The highest BCUT2D eigenvalue weighted by atomic mass is 16.4. The lowest BCUT2D eigenvalue weighted by atomic mass is 9.82. The summed E-state index contributed by atoms with van der Waals surface area (Å²) in [6.07, 6.45) is 4.30. The third-order valence-corrected chi connectivity index (χ3v) is 3.27. The minimum atomic E-state index is -0.589. The van der Waals surface area contributed by atoms with Crippen molar-refractivity contribution in [3.05, 3.63) is 0 Å². The maximum Gasteiger partial charge on any atom is 0.306 e. The van der Waals surface area contributed by atoms with Gasteiger partial charge in [-0.1, -0.05) is 6.42 Å². The predicted molar refractivity (Wildman–Crippen MR) is 44.9 cm³/mol. The Kier molecular flexibility index (Phi) is 2.05. The summed E-state index contributed by atoms with van der Waals surface area (Å²) >= 11 is 0. The average Bonchev–Trinajstić information content (AvgIpc) is 2.49. The Morgan fingerprint density at radius 3 is 2.92 bits per heavy atom. The van der Waals surface area contributed by atoms with E-state index in [1.807, 2.05) is 0 Å². The van der Waals surface area contributed by atoms with Crippen molar-refractivity contribution in [2.75, 3.05) is 6.54 Å². The van der Waals surface area contributed by atoms with Gasteiger partial charge in [0, 0.05) is 6.04 Å². The molecule has 68 valence electrons. The van der Waals surface area contributed by atoms with Crippen LogP contribution in [0, 0.1) is 11.8 Å². The standard InChI is InChI=1S/C9H15NO2/c11-9(12)7-4-5-10-8-3-1-2-6(7)8/h6-8,10H,1-5H2,(H,11,12)/t6-,7?,8-/m1/s1. The lowest BCUT2D eigenvalue weighted by Crippen LogP contribution is -2.45. The molecule has 3 nitrogen and oxygen atoms in total. The van der Waals surface area contributed by atoms with E-state index in [0.717, 1.165) is 19.4 Å². The summed E-state index contributed by atoms with van der Waals surface area (Å²) in [7, 11) is 0. The van der Waals surface area contributed by atoms with Gasteiger partial charge in [-0.25, -0.2) is 0 Å². The average molecular weight is 169 g/mol. The third kappa shape index (κ3) is 1.22. The zero-order valence-electron chi connectivity index (χ0n) is 7.12. The summed E-state index contributed by atoms with van der Waals surface area (Å²) in [5.41, 5.74) is 0. The normalized spacial score (nSPS) is 40.8. The van der Waals surface area contributed by atoms with Gasteiger partial charge in [0.25, 0.3) is 0 Å². The maximum atomic E-state index is 10.9. The van der Waals surface area contributed by atoms with Crippen molar-refractivity contribution in [3.8, 4) is 0 Å². The number of rotatable bonds is 1. The van der Waals surface area contributed by atoms with E-state index in [0.29, 0.717) is 12.0 Å². The van der Waals surface area contributed by atoms with Crippen molar-refractivity contribution in [2.45, 2.75) is 31.7 Å². The van der Waals surface area contributed by atoms with Crippen LogP contribution in [-0.4, -0.2) is 23.7 Å². The van der Waals surface area contributed by atoms with Gasteiger partial charge in [0.1, 0.15) is 0 Å². The Morgan fingerprint density at radius 2 is 2.17 bits per heavy atom. The van der Waals surface area contributed by atoms with E-state index in [2.05, 4.69) is 5.32 Å². The van der Waals surface area contributed by atoms with Gasteiger partial charge >= 0.3 is 5.97 Å². The van der Waals surface area contributed by atoms with E-state index in [1.54, 1.807) is 0 Å².